The van der Waals surface area contributed by atoms with Crippen molar-refractivity contribution in [2.75, 3.05) is 0 Å². The topological polar surface area (TPSA) is 52.6 Å². The molecule has 0 N–H and O–H groups in total. The fourth-order valence-corrected chi connectivity index (χ4v) is 6.27. The Hall–Kier alpha value is -2.50. The summed E-state index contributed by atoms with van der Waals surface area (Å²) in [5.41, 5.74) is -1.76. The van der Waals surface area contributed by atoms with E-state index in [2.05, 4.69) is 0 Å². The van der Waals surface area contributed by atoms with Gasteiger partial charge in [0.1, 0.15) is 11.4 Å². The van der Waals surface area contributed by atoms with Crippen molar-refractivity contribution in [3.05, 3.63) is 42.5 Å². The lowest BCUT2D eigenvalue weighted by molar-refractivity contribution is -0.222. The lowest BCUT2D eigenvalue weighted by atomic mass is 9.48. The van der Waals surface area contributed by atoms with Crippen LogP contribution in [0, 0.1) is 17.3 Å². The monoisotopic (exact) mass is 414 g/mol. The number of halogens is 2. The summed E-state index contributed by atoms with van der Waals surface area (Å²) in [6.45, 7) is 0.555. The molecule has 2 aromatic rings. The van der Waals surface area contributed by atoms with E-state index in [0.717, 1.165) is 17.2 Å². The minimum Gasteiger partial charge on any atom is -0.455 e. The van der Waals surface area contributed by atoms with E-state index in [-0.39, 0.29) is 24.2 Å². The second-order valence-electron chi connectivity index (χ2n) is 9.60. The van der Waals surface area contributed by atoms with Crippen LogP contribution in [0.2, 0.25) is 0 Å². The minimum atomic E-state index is -3.54. The molecule has 158 valence electrons. The van der Waals surface area contributed by atoms with E-state index in [1.54, 1.807) is 6.07 Å². The number of hydrogen-bond donors (Lipinski definition) is 0. The predicted molar refractivity (Wildman–Crippen MR) is 106 cm³/mol. The smallest absolute Gasteiger partial charge is 0.377 e. The van der Waals surface area contributed by atoms with E-state index in [4.69, 9.17) is 9.47 Å². The number of carbonyl (C=O) groups excluding carboxylic acids is 2. The van der Waals surface area contributed by atoms with Crippen LogP contribution in [-0.4, -0.2) is 23.5 Å². The van der Waals surface area contributed by atoms with Crippen molar-refractivity contribution < 1.29 is 27.8 Å². The average molecular weight is 414 g/mol. The zero-order valence-electron chi connectivity index (χ0n) is 16.8. The van der Waals surface area contributed by atoms with Gasteiger partial charge in [-0.3, -0.25) is 4.79 Å². The van der Waals surface area contributed by atoms with E-state index >= 15 is 0 Å². The van der Waals surface area contributed by atoms with Crippen LogP contribution < -0.4 is 4.74 Å². The van der Waals surface area contributed by atoms with E-state index in [0.29, 0.717) is 38.4 Å². The first kappa shape index (κ1) is 19.5. The molecule has 0 spiro atoms. The third-order valence-electron chi connectivity index (χ3n) is 7.04. The molecular weight excluding hydrogens is 390 g/mol. The van der Waals surface area contributed by atoms with Gasteiger partial charge in [-0.2, -0.15) is 8.78 Å². The van der Waals surface area contributed by atoms with Gasteiger partial charge in [0.25, 0.3) is 0 Å². The predicted octanol–water partition coefficient (Wildman–Crippen LogP) is 5.28. The van der Waals surface area contributed by atoms with E-state index in [9.17, 15) is 18.4 Å². The van der Waals surface area contributed by atoms with Crippen LogP contribution >= 0.6 is 0 Å². The Kier molecular flexibility index (Phi) is 4.21. The normalized spacial score (nSPS) is 32.2. The Morgan fingerprint density at radius 2 is 1.67 bits per heavy atom. The summed E-state index contributed by atoms with van der Waals surface area (Å²) in [7, 11) is 0. The van der Waals surface area contributed by atoms with Crippen molar-refractivity contribution in [3.63, 3.8) is 0 Å². The highest BCUT2D eigenvalue weighted by molar-refractivity contribution is 5.86. The summed E-state index contributed by atoms with van der Waals surface area (Å²) < 4.78 is 38.2. The van der Waals surface area contributed by atoms with Crippen molar-refractivity contribution in [3.8, 4) is 5.75 Å². The third kappa shape index (κ3) is 3.26. The molecule has 2 atom stereocenters. The minimum absolute atomic E-state index is 0.189. The molecule has 4 aliphatic rings. The first-order valence-corrected chi connectivity index (χ1v) is 10.5. The van der Waals surface area contributed by atoms with Gasteiger partial charge in [0.05, 0.1) is 5.41 Å². The zero-order valence-corrected chi connectivity index (χ0v) is 16.8. The first-order chi connectivity index (χ1) is 14.2. The van der Waals surface area contributed by atoms with Gasteiger partial charge >= 0.3 is 17.9 Å². The molecule has 0 aliphatic heterocycles. The molecule has 2 aromatic carbocycles. The summed E-state index contributed by atoms with van der Waals surface area (Å²) in [4.78, 5) is 25.3. The standard InChI is InChI=1S/C24H24F2O4/c1-22(25,26)20(27)30-24-12-15-8-16(13-24)11-23(10-15,14-24)21(28)29-19-7-6-17-4-2-3-5-18(17)9-19/h2-7,9,15-16H,8,10-14H2,1H3. The average Bonchev–Trinajstić information content (AvgIpc) is 2.65. The van der Waals surface area contributed by atoms with Crippen LogP contribution in [0.1, 0.15) is 45.4 Å². The highest BCUT2D eigenvalue weighted by Crippen LogP contribution is 2.63. The van der Waals surface area contributed by atoms with Gasteiger partial charge in [-0.25, -0.2) is 4.79 Å². The van der Waals surface area contributed by atoms with E-state index < -0.39 is 22.9 Å². The van der Waals surface area contributed by atoms with Crippen molar-refractivity contribution in [1.29, 1.82) is 0 Å². The van der Waals surface area contributed by atoms with Gasteiger partial charge < -0.3 is 9.47 Å². The van der Waals surface area contributed by atoms with Crippen LogP contribution in [0.3, 0.4) is 0 Å². The van der Waals surface area contributed by atoms with Gasteiger partial charge in [-0.1, -0.05) is 30.3 Å². The Balaban J connectivity index is 1.40. The Labute approximate surface area is 173 Å². The maximum Gasteiger partial charge on any atom is 0.377 e. The van der Waals surface area contributed by atoms with Crippen molar-refractivity contribution in [2.45, 2.75) is 57.0 Å². The lowest BCUT2D eigenvalue weighted by Gasteiger charge is -2.59. The van der Waals surface area contributed by atoms with Gasteiger partial charge in [0, 0.05) is 13.3 Å². The van der Waals surface area contributed by atoms with Crippen LogP contribution in [0.5, 0.6) is 5.75 Å². The summed E-state index contributed by atoms with van der Waals surface area (Å²) in [5, 5.41) is 2.03. The molecule has 30 heavy (non-hydrogen) atoms. The van der Waals surface area contributed by atoms with E-state index in [1.165, 1.54) is 0 Å². The number of fused-ring (bicyclic) bond motifs is 1. The number of carbonyl (C=O) groups is 2. The maximum absolute atomic E-state index is 13.5. The van der Waals surface area contributed by atoms with Gasteiger partial charge in [-0.15, -0.1) is 0 Å². The number of benzene rings is 2. The number of hydrogen-bond acceptors (Lipinski definition) is 4. The van der Waals surface area contributed by atoms with Crippen LogP contribution in [0.15, 0.2) is 42.5 Å². The highest BCUT2D eigenvalue weighted by atomic mass is 19.3. The molecule has 4 nitrogen and oxygen atoms in total. The maximum atomic E-state index is 13.5. The summed E-state index contributed by atoms with van der Waals surface area (Å²) in [6, 6.07) is 13.3. The fourth-order valence-electron chi connectivity index (χ4n) is 6.27. The molecule has 0 saturated heterocycles. The first-order valence-electron chi connectivity index (χ1n) is 10.5. The third-order valence-corrected chi connectivity index (χ3v) is 7.04. The Morgan fingerprint density at radius 1 is 1.00 bits per heavy atom. The summed E-state index contributed by atoms with van der Waals surface area (Å²) in [6.07, 6.45) is 3.65. The highest BCUT2D eigenvalue weighted by Gasteiger charge is 2.63. The van der Waals surface area contributed by atoms with Gasteiger partial charge in [-0.05, 0) is 66.8 Å². The molecule has 0 heterocycles. The van der Waals surface area contributed by atoms with Crippen molar-refractivity contribution in [1.82, 2.24) is 0 Å². The second-order valence-corrected chi connectivity index (χ2v) is 9.60. The molecule has 4 bridgehead atoms. The van der Waals surface area contributed by atoms with E-state index in [1.807, 2.05) is 36.4 Å². The van der Waals surface area contributed by atoms with Gasteiger partial charge in [0.15, 0.2) is 0 Å². The number of alkyl halides is 2. The Morgan fingerprint density at radius 3 is 2.33 bits per heavy atom. The van der Waals surface area contributed by atoms with Crippen LogP contribution in [-0.2, 0) is 14.3 Å². The molecule has 4 aliphatic carbocycles. The number of rotatable bonds is 4. The summed E-state index contributed by atoms with van der Waals surface area (Å²) >= 11 is 0. The van der Waals surface area contributed by atoms with Crippen LogP contribution in [0.25, 0.3) is 10.8 Å². The molecule has 4 fully saturated rings. The SMILES string of the molecule is CC(F)(F)C(=O)OC12CC3CC(C1)CC(C(=O)Oc1ccc4ccccc4c1)(C3)C2. The van der Waals surface area contributed by atoms with Crippen LogP contribution in [0.4, 0.5) is 8.78 Å². The second kappa shape index (κ2) is 6.50. The van der Waals surface area contributed by atoms with Crippen molar-refractivity contribution in [2.24, 2.45) is 17.3 Å². The largest absolute Gasteiger partial charge is 0.455 e. The molecule has 0 amide bonds. The Bertz CT molecular complexity index is 1010. The molecule has 0 radical (unpaired) electrons. The lowest BCUT2D eigenvalue weighted by Crippen LogP contribution is -2.61. The molecular formula is C24H24F2O4. The molecule has 6 rings (SSSR count). The molecule has 2 unspecified atom stereocenters. The van der Waals surface area contributed by atoms with Gasteiger partial charge in [0.2, 0.25) is 0 Å². The summed E-state index contributed by atoms with van der Waals surface area (Å²) in [5.74, 6) is -4.52. The quantitative estimate of drug-likeness (QED) is 0.504. The fraction of sp³-hybridized carbons (Fsp3) is 0.500. The molecule has 6 heteroatoms. The molecule has 0 aromatic heterocycles. The number of esters is 2. The zero-order chi connectivity index (χ0) is 21.1. The van der Waals surface area contributed by atoms with Crippen molar-refractivity contribution >= 4 is 22.7 Å². The number of ether oxygens (including phenoxy) is 2. The molecule has 4 saturated carbocycles.